The van der Waals surface area contributed by atoms with Crippen molar-refractivity contribution in [1.29, 1.82) is 0 Å². The Balaban J connectivity index is 1.86. The Kier molecular flexibility index (Phi) is 4.89. The second-order valence-electron chi connectivity index (χ2n) is 7.99. The summed E-state index contributed by atoms with van der Waals surface area (Å²) in [7, 11) is -0.618. The van der Waals surface area contributed by atoms with Crippen LogP contribution in [0.4, 0.5) is 4.39 Å². The minimum Gasteiger partial charge on any atom is -0.489 e. The lowest BCUT2D eigenvalue weighted by atomic mass is 9.76. The van der Waals surface area contributed by atoms with E-state index in [1.54, 1.807) is 6.07 Å². The average molecular weight is 356 g/mol. The first-order valence-corrected chi connectivity index (χ1v) is 8.93. The van der Waals surface area contributed by atoms with E-state index in [-0.39, 0.29) is 5.82 Å². The quantitative estimate of drug-likeness (QED) is 0.764. The van der Waals surface area contributed by atoms with Crippen LogP contribution < -0.4 is 10.2 Å². The standard InChI is InChI=1S/C21H26BFO3/c1-14-7-8-15(2)19(11-14)24-13-16-9-10-17(23)12-18(16)22-25-20(3,4)21(5,6)26-22/h7-12H,13H2,1-6H3. The molecule has 1 aliphatic rings. The Hall–Kier alpha value is -1.85. The minimum absolute atomic E-state index is 0.315. The maximum Gasteiger partial charge on any atom is 0.495 e. The van der Waals surface area contributed by atoms with Gasteiger partial charge in [-0.3, -0.25) is 0 Å². The smallest absolute Gasteiger partial charge is 0.489 e. The largest absolute Gasteiger partial charge is 0.495 e. The van der Waals surface area contributed by atoms with E-state index in [0.29, 0.717) is 12.1 Å². The maximum absolute atomic E-state index is 13.9. The predicted octanol–water partition coefficient (Wildman–Crippen LogP) is 4.32. The molecule has 2 aromatic rings. The summed E-state index contributed by atoms with van der Waals surface area (Å²) in [6.07, 6.45) is 0. The van der Waals surface area contributed by atoms with Crippen molar-refractivity contribution in [2.24, 2.45) is 0 Å². The molecule has 0 aliphatic carbocycles. The molecule has 1 aliphatic heterocycles. The number of hydrogen-bond acceptors (Lipinski definition) is 3. The van der Waals surface area contributed by atoms with Crippen LogP contribution in [0.1, 0.15) is 44.4 Å². The van der Waals surface area contributed by atoms with Crippen LogP contribution in [0.15, 0.2) is 36.4 Å². The molecule has 0 bridgehead atoms. The van der Waals surface area contributed by atoms with Gasteiger partial charge in [0.25, 0.3) is 0 Å². The third-order valence-corrected chi connectivity index (χ3v) is 5.34. The van der Waals surface area contributed by atoms with Crippen LogP contribution in [0.2, 0.25) is 0 Å². The number of aryl methyl sites for hydroxylation is 2. The number of benzene rings is 2. The monoisotopic (exact) mass is 356 g/mol. The zero-order valence-corrected chi connectivity index (χ0v) is 16.4. The molecule has 0 spiro atoms. The van der Waals surface area contributed by atoms with E-state index in [9.17, 15) is 4.39 Å². The van der Waals surface area contributed by atoms with Crippen molar-refractivity contribution in [2.45, 2.75) is 59.4 Å². The fraction of sp³-hybridized carbons (Fsp3) is 0.429. The lowest BCUT2D eigenvalue weighted by molar-refractivity contribution is 0.00578. The van der Waals surface area contributed by atoms with E-state index in [0.717, 1.165) is 22.4 Å². The maximum atomic E-state index is 13.9. The van der Waals surface area contributed by atoms with Crippen molar-refractivity contribution in [3.8, 4) is 5.75 Å². The van der Waals surface area contributed by atoms with Crippen molar-refractivity contribution < 1.29 is 18.4 Å². The normalized spacial score (nSPS) is 18.2. The van der Waals surface area contributed by atoms with Gasteiger partial charge < -0.3 is 14.0 Å². The number of rotatable bonds is 4. The molecule has 3 nitrogen and oxygen atoms in total. The number of ether oxygens (including phenoxy) is 1. The average Bonchev–Trinajstić information content (AvgIpc) is 2.77. The Morgan fingerprint density at radius 1 is 0.962 bits per heavy atom. The summed E-state index contributed by atoms with van der Waals surface area (Å²) < 4.78 is 32.1. The minimum atomic E-state index is -0.618. The Labute approximate surface area is 155 Å². The molecule has 5 heteroatoms. The van der Waals surface area contributed by atoms with Crippen molar-refractivity contribution in [2.75, 3.05) is 0 Å². The summed E-state index contributed by atoms with van der Waals surface area (Å²) in [6, 6.07) is 10.7. The van der Waals surface area contributed by atoms with Gasteiger partial charge >= 0.3 is 7.12 Å². The highest BCUT2D eigenvalue weighted by atomic mass is 19.1. The molecular weight excluding hydrogens is 330 g/mol. The molecule has 0 saturated carbocycles. The Morgan fingerprint density at radius 2 is 1.62 bits per heavy atom. The molecule has 0 N–H and O–H groups in total. The molecule has 0 amide bonds. The van der Waals surface area contributed by atoms with E-state index in [4.69, 9.17) is 14.0 Å². The fourth-order valence-corrected chi connectivity index (χ4v) is 2.90. The lowest BCUT2D eigenvalue weighted by Crippen LogP contribution is -2.41. The molecule has 0 aromatic heterocycles. The molecule has 3 rings (SSSR count). The number of hydrogen-bond donors (Lipinski definition) is 0. The molecule has 0 unspecified atom stereocenters. The first kappa shape index (κ1) is 18.9. The van der Waals surface area contributed by atoms with Crippen LogP contribution in [0, 0.1) is 19.7 Å². The van der Waals surface area contributed by atoms with E-state index in [2.05, 4.69) is 6.07 Å². The fourth-order valence-electron chi connectivity index (χ4n) is 2.90. The highest BCUT2D eigenvalue weighted by molar-refractivity contribution is 6.62. The van der Waals surface area contributed by atoms with Crippen LogP contribution >= 0.6 is 0 Å². The van der Waals surface area contributed by atoms with E-state index in [1.807, 2.05) is 53.7 Å². The molecule has 138 valence electrons. The highest BCUT2D eigenvalue weighted by Crippen LogP contribution is 2.36. The van der Waals surface area contributed by atoms with Crippen LogP contribution in [0.25, 0.3) is 0 Å². The zero-order valence-electron chi connectivity index (χ0n) is 16.4. The predicted molar refractivity (Wildman–Crippen MR) is 102 cm³/mol. The molecule has 0 atom stereocenters. The summed E-state index contributed by atoms with van der Waals surface area (Å²) in [5.74, 6) is 0.513. The van der Waals surface area contributed by atoms with E-state index in [1.165, 1.54) is 12.1 Å². The first-order chi connectivity index (χ1) is 12.1. The number of halogens is 1. The van der Waals surface area contributed by atoms with Gasteiger partial charge in [0.05, 0.1) is 11.2 Å². The van der Waals surface area contributed by atoms with Crippen molar-refractivity contribution in [3.05, 3.63) is 58.9 Å². The second kappa shape index (κ2) is 6.71. The van der Waals surface area contributed by atoms with Crippen LogP contribution in [-0.4, -0.2) is 18.3 Å². The molecule has 1 heterocycles. The molecule has 2 aromatic carbocycles. The summed E-state index contributed by atoms with van der Waals surface area (Å²) in [6.45, 7) is 12.3. The van der Waals surface area contributed by atoms with E-state index >= 15 is 0 Å². The van der Waals surface area contributed by atoms with Crippen molar-refractivity contribution in [3.63, 3.8) is 0 Å². The third kappa shape index (κ3) is 3.65. The molecule has 0 radical (unpaired) electrons. The van der Waals surface area contributed by atoms with Crippen LogP contribution in [0.5, 0.6) is 5.75 Å². The first-order valence-electron chi connectivity index (χ1n) is 8.93. The molecule has 1 saturated heterocycles. The summed E-state index contributed by atoms with van der Waals surface area (Å²) in [4.78, 5) is 0. The Morgan fingerprint density at radius 3 is 2.27 bits per heavy atom. The van der Waals surface area contributed by atoms with Gasteiger partial charge in [0.2, 0.25) is 0 Å². The van der Waals surface area contributed by atoms with Gasteiger partial charge in [-0.1, -0.05) is 18.2 Å². The lowest BCUT2D eigenvalue weighted by Gasteiger charge is -2.32. The van der Waals surface area contributed by atoms with Crippen molar-refractivity contribution >= 4 is 12.6 Å². The Bertz CT molecular complexity index is 801. The second-order valence-corrected chi connectivity index (χ2v) is 7.99. The van der Waals surface area contributed by atoms with Gasteiger partial charge in [0, 0.05) is 0 Å². The van der Waals surface area contributed by atoms with Gasteiger partial charge in [0.1, 0.15) is 18.2 Å². The molecule has 1 fully saturated rings. The zero-order chi connectivity index (χ0) is 19.1. The van der Waals surface area contributed by atoms with Crippen LogP contribution in [0.3, 0.4) is 0 Å². The van der Waals surface area contributed by atoms with Gasteiger partial charge in [-0.15, -0.1) is 0 Å². The summed E-state index contributed by atoms with van der Waals surface area (Å²) in [5, 5.41) is 0. The van der Waals surface area contributed by atoms with Gasteiger partial charge in [-0.2, -0.15) is 0 Å². The highest BCUT2D eigenvalue weighted by Gasteiger charge is 2.52. The molecular formula is C21H26BFO3. The SMILES string of the molecule is Cc1ccc(C)c(OCc2ccc(F)cc2B2OC(C)(C)C(C)(C)O2)c1. The summed E-state index contributed by atoms with van der Waals surface area (Å²) >= 11 is 0. The van der Waals surface area contributed by atoms with Crippen LogP contribution in [-0.2, 0) is 15.9 Å². The third-order valence-electron chi connectivity index (χ3n) is 5.34. The van der Waals surface area contributed by atoms with E-state index < -0.39 is 18.3 Å². The van der Waals surface area contributed by atoms with Crippen molar-refractivity contribution in [1.82, 2.24) is 0 Å². The van der Waals surface area contributed by atoms with Gasteiger partial charge in [0.15, 0.2) is 0 Å². The van der Waals surface area contributed by atoms with Gasteiger partial charge in [-0.05, 0) is 81.9 Å². The van der Waals surface area contributed by atoms with Gasteiger partial charge in [-0.25, -0.2) is 4.39 Å². The topological polar surface area (TPSA) is 27.7 Å². The molecule has 26 heavy (non-hydrogen) atoms. The summed E-state index contributed by atoms with van der Waals surface area (Å²) in [5.41, 5.74) is 2.77.